The van der Waals surface area contributed by atoms with Crippen LogP contribution in [0.5, 0.6) is 11.5 Å². The SMILES string of the molecule is COc1ccc(Br)cc1C(=O)NNC(=O)COc1ccc(Cl)cc1. The number of ether oxygens (including phenoxy) is 2. The van der Waals surface area contributed by atoms with Gasteiger partial charge in [-0.05, 0) is 42.5 Å². The van der Waals surface area contributed by atoms with Crippen molar-refractivity contribution in [2.24, 2.45) is 0 Å². The Hall–Kier alpha value is -2.25. The Bertz CT molecular complexity index is 737. The van der Waals surface area contributed by atoms with Crippen molar-refractivity contribution in [1.29, 1.82) is 0 Å². The lowest BCUT2D eigenvalue weighted by molar-refractivity contribution is -0.123. The molecular weight excluding hydrogens is 400 g/mol. The van der Waals surface area contributed by atoms with Crippen LogP contribution >= 0.6 is 27.5 Å². The smallest absolute Gasteiger partial charge is 0.276 e. The fourth-order valence-electron chi connectivity index (χ4n) is 1.77. The summed E-state index contributed by atoms with van der Waals surface area (Å²) < 4.78 is 11.1. The van der Waals surface area contributed by atoms with Gasteiger partial charge in [0.2, 0.25) is 0 Å². The van der Waals surface area contributed by atoms with Crippen molar-refractivity contribution < 1.29 is 19.1 Å². The van der Waals surface area contributed by atoms with Crippen LogP contribution in [0.2, 0.25) is 5.02 Å². The zero-order chi connectivity index (χ0) is 17.5. The molecule has 0 unspecified atom stereocenters. The number of carbonyl (C=O) groups excluding carboxylic acids is 2. The quantitative estimate of drug-likeness (QED) is 0.739. The molecule has 2 aromatic carbocycles. The van der Waals surface area contributed by atoms with Crippen molar-refractivity contribution in [3.63, 3.8) is 0 Å². The summed E-state index contributed by atoms with van der Waals surface area (Å²) in [5, 5.41) is 0.571. The largest absolute Gasteiger partial charge is 0.496 e. The second-order valence-electron chi connectivity index (χ2n) is 4.59. The molecule has 6 nitrogen and oxygen atoms in total. The number of carbonyl (C=O) groups is 2. The highest BCUT2D eigenvalue weighted by Crippen LogP contribution is 2.22. The fraction of sp³-hybridized carbons (Fsp3) is 0.125. The van der Waals surface area contributed by atoms with Crippen LogP contribution in [-0.4, -0.2) is 25.5 Å². The number of rotatable bonds is 5. The van der Waals surface area contributed by atoms with Gasteiger partial charge in [-0.15, -0.1) is 0 Å². The molecule has 0 saturated carbocycles. The summed E-state index contributed by atoms with van der Waals surface area (Å²) in [5.74, 6) is -0.128. The first kappa shape index (κ1) is 18.1. The van der Waals surface area contributed by atoms with E-state index in [2.05, 4.69) is 26.8 Å². The minimum atomic E-state index is -0.507. The van der Waals surface area contributed by atoms with Crippen molar-refractivity contribution in [3.05, 3.63) is 57.5 Å². The van der Waals surface area contributed by atoms with Gasteiger partial charge < -0.3 is 9.47 Å². The first-order chi connectivity index (χ1) is 11.5. The summed E-state index contributed by atoms with van der Waals surface area (Å²) >= 11 is 9.03. The number of hydrogen-bond donors (Lipinski definition) is 2. The number of nitrogens with one attached hydrogen (secondary N) is 2. The number of halogens is 2. The Morgan fingerprint density at radius 2 is 1.83 bits per heavy atom. The third kappa shape index (κ3) is 5.14. The molecule has 0 aliphatic carbocycles. The molecule has 0 heterocycles. The second kappa shape index (κ2) is 8.56. The molecule has 0 saturated heterocycles. The third-order valence-corrected chi connectivity index (χ3v) is 3.65. The van der Waals surface area contributed by atoms with Crippen molar-refractivity contribution in [2.75, 3.05) is 13.7 Å². The Morgan fingerprint density at radius 1 is 1.12 bits per heavy atom. The van der Waals surface area contributed by atoms with Crippen molar-refractivity contribution in [3.8, 4) is 11.5 Å². The normalized spacial score (nSPS) is 9.96. The van der Waals surface area contributed by atoms with Crippen LogP contribution in [0.3, 0.4) is 0 Å². The highest BCUT2D eigenvalue weighted by molar-refractivity contribution is 9.10. The molecule has 0 atom stereocenters. The van der Waals surface area contributed by atoms with E-state index in [-0.39, 0.29) is 12.2 Å². The molecule has 0 aliphatic rings. The Morgan fingerprint density at radius 3 is 2.50 bits per heavy atom. The molecule has 126 valence electrons. The molecule has 8 heteroatoms. The molecule has 2 amide bonds. The van der Waals surface area contributed by atoms with E-state index < -0.39 is 11.8 Å². The minimum Gasteiger partial charge on any atom is -0.496 e. The molecule has 2 aromatic rings. The fourth-order valence-corrected chi connectivity index (χ4v) is 2.25. The number of methoxy groups -OCH3 is 1. The van der Waals surface area contributed by atoms with Gasteiger partial charge in [-0.1, -0.05) is 27.5 Å². The van der Waals surface area contributed by atoms with Crippen LogP contribution in [-0.2, 0) is 4.79 Å². The Kier molecular flexibility index (Phi) is 6.45. The van der Waals surface area contributed by atoms with Gasteiger partial charge in [0.15, 0.2) is 6.61 Å². The van der Waals surface area contributed by atoms with Gasteiger partial charge in [-0.2, -0.15) is 0 Å². The molecule has 0 fully saturated rings. The molecule has 24 heavy (non-hydrogen) atoms. The minimum absolute atomic E-state index is 0.252. The van der Waals surface area contributed by atoms with E-state index >= 15 is 0 Å². The van der Waals surface area contributed by atoms with Gasteiger partial charge in [0.25, 0.3) is 11.8 Å². The van der Waals surface area contributed by atoms with Crippen molar-refractivity contribution >= 4 is 39.3 Å². The average molecular weight is 414 g/mol. The summed E-state index contributed by atoms with van der Waals surface area (Å²) in [5.41, 5.74) is 4.86. The van der Waals surface area contributed by atoms with Gasteiger partial charge in [-0.25, -0.2) is 0 Å². The molecular formula is C16H14BrClN2O4. The molecule has 0 spiro atoms. The lowest BCUT2D eigenvalue weighted by Crippen LogP contribution is -2.43. The zero-order valence-corrected chi connectivity index (χ0v) is 15.0. The summed E-state index contributed by atoms with van der Waals surface area (Å²) in [7, 11) is 1.46. The molecule has 0 bridgehead atoms. The maximum Gasteiger partial charge on any atom is 0.276 e. The van der Waals surface area contributed by atoms with E-state index in [1.807, 2.05) is 0 Å². The van der Waals surface area contributed by atoms with Crippen molar-refractivity contribution in [1.82, 2.24) is 10.9 Å². The van der Waals surface area contributed by atoms with Crippen LogP contribution in [0.15, 0.2) is 46.9 Å². The van der Waals surface area contributed by atoms with Gasteiger partial charge >= 0.3 is 0 Å². The average Bonchev–Trinajstić information content (AvgIpc) is 2.59. The highest BCUT2D eigenvalue weighted by atomic mass is 79.9. The van der Waals surface area contributed by atoms with E-state index in [0.29, 0.717) is 21.0 Å². The van der Waals surface area contributed by atoms with E-state index in [9.17, 15) is 9.59 Å². The molecule has 2 rings (SSSR count). The van der Waals surface area contributed by atoms with Crippen LogP contribution in [0, 0.1) is 0 Å². The van der Waals surface area contributed by atoms with E-state index in [0.717, 1.165) is 0 Å². The molecule has 0 aromatic heterocycles. The predicted octanol–water partition coefficient (Wildman–Crippen LogP) is 2.95. The van der Waals surface area contributed by atoms with E-state index in [1.165, 1.54) is 7.11 Å². The number of amides is 2. The lowest BCUT2D eigenvalue weighted by atomic mass is 10.2. The maximum absolute atomic E-state index is 12.1. The first-order valence-electron chi connectivity index (χ1n) is 6.80. The second-order valence-corrected chi connectivity index (χ2v) is 5.94. The molecule has 2 N–H and O–H groups in total. The number of hydrogen-bond acceptors (Lipinski definition) is 4. The topological polar surface area (TPSA) is 76.7 Å². The summed E-state index contributed by atoms with van der Waals surface area (Å²) in [4.78, 5) is 23.8. The van der Waals surface area contributed by atoms with Crippen LogP contribution in [0.25, 0.3) is 0 Å². The van der Waals surface area contributed by atoms with Gasteiger partial charge in [0.05, 0.1) is 12.7 Å². The zero-order valence-electron chi connectivity index (χ0n) is 12.6. The van der Waals surface area contributed by atoms with Gasteiger partial charge in [0, 0.05) is 9.50 Å². The lowest BCUT2D eigenvalue weighted by Gasteiger charge is -2.11. The molecule has 0 radical (unpaired) electrons. The Balaban J connectivity index is 1.86. The van der Waals surface area contributed by atoms with Gasteiger partial charge in [-0.3, -0.25) is 20.4 Å². The van der Waals surface area contributed by atoms with E-state index in [1.54, 1.807) is 42.5 Å². The first-order valence-corrected chi connectivity index (χ1v) is 7.98. The number of hydrazine groups is 1. The van der Waals surface area contributed by atoms with E-state index in [4.69, 9.17) is 21.1 Å². The van der Waals surface area contributed by atoms with Crippen molar-refractivity contribution in [2.45, 2.75) is 0 Å². The Labute approximate surface area is 152 Å². The standard InChI is InChI=1S/C16H14BrClN2O4/c1-23-14-7-2-10(17)8-13(14)16(22)20-19-15(21)9-24-12-5-3-11(18)4-6-12/h2-8H,9H2,1H3,(H,19,21)(H,20,22). The maximum atomic E-state index is 12.1. The van der Waals surface area contributed by atoms with Gasteiger partial charge in [0.1, 0.15) is 11.5 Å². The summed E-state index contributed by atoms with van der Waals surface area (Å²) in [6.07, 6.45) is 0. The third-order valence-electron chi connectivity index (χ3n) is 2.91. The monoisotopic (exact) mass is 412 g/mol. The van der Waals surface area contributed by atoms with Crippen LogP contribution < -0.4 is 20.3 Å². The van der Waals surface area contributed by atoms with Crippen LogP contribution in [0.1, 0.15) is 10.4 Å². The predicted molar refractivity (Wildman–Crippen MR) is 93.2 cm³/mol. The van der Waals surface area contributed by atoms with Crippen LogP contribution in [0.4, 0.5) is 0 Å². The summed E-state index contributed by atoms with van der Waals surface area (Å²) in [6, 6.07) is 11.6. The molecule has 0 aliphatic heterocycles. The summed E-state index contributed by atoms with van der Waals surface area (Å²) in [6.45, 7) is -0.252. The number of benzene rings is 2. The highest BCUT2D eigenvalue weighted by Gasteiger charge is 2.13.